The first-order valence-corrected chi connectivity index (χ1v) is 10.3. The predicted octanol–water partition coefficient (Wildman–Crippen LogP) is 3.35. The van der Waals surface area contributed by atoms with Gasteiger partial charge in [-0.15, -0.1) is 0 Å². The van der Waals surface area contributed by atoms with E-state index >= 15 is 0 Å². The second kappa shape index (κ2) is 7.59. The molecule has 0 fully saturated rings. The van der Waals surface area contributed by atoms with E-state index in [1.165, 1.54) is 0 Å². The summed E-state index contributed by atoms with van der Waals surface area (Å²) in [5.74, 6) is -0.469. The molecule has 7 nitrogen and oxygen atoms in total. The molecular weight excluding hydrogens is 434 g/mol. The van der Waals surface area contributed by atoms with Gasteiger partial charge in [-0.2, -0.15) is 5.10 Å². The van der Waals surface area contributed by atoms with Crippen LogP contribution in [0.2, 0.25) is 0 Å². The molecular formula is C21H22BrN5O2. The minimum atomic E-state index is -0.408. The molecule has 8 heteroatoms. The van der Waals surface area contributed by atoms with Crippen LogP contribution in [-0.4, -0.2) is 26.5 Å². The third kappa shape index (κ3) is 3.53. The van der Waals surface area contributed by atoms with Gasteiger partial charge in [-0.25, -0.2) is 4.98 Å². The Morgan fingerprint density at radius 3 is 2.72 bits per heavy atom. The molecule has 0 radical (unpaired) electrons. The molecule has 0 saturated carbocycles. The Balaban J connectivity index is 1.80. The standard InChI is InChI=1S/C21H22BrN5O2/c1-11-18(21(29)26-17-8-7-13(22)9-23-17)19(14-10-24-27(3)12(14)2)20-15(25-11)5-4-6-16(20)28/h5,7-10,19-20,25H,4,6H2,1-3H3,(H,23,26,29). The van der Waals surface area contributed by atoms with Gasteiger partial charge in [0, 0.05) is 58.3 Å². The van der Waals surface area contributed by atoms with Gasteiger partial charge in [-0.1, -0.05) is 6.08 Å². The number of hydrogen-bond acceptors (Lipinski definition) is 5. The van der Waals surface area contributed by atoms with Crippen molar-refractivity contribution in [2.75, 3.05) is 5.32 Å². The number of carbonyl (C=O) groups is 2. The van der Waals surface area contributed by atoms with Crippen molar-refractivity contribution in [2.45, 2.75) is 32.6 Å². The van der Waals surface area contributed by atoms with E-state index in [4.69, 9.17) is 0 Å². The summed E-state index contributed by atoms with van der Waals surface area (Å²) in [5.41, 5.74) is 4.00. The second-order valence-electron chi connectivity index (χ2n) is 7.41. The highest BCUT2D eigenvalue weighted by atomic mass is 79.9. The summed E-state index contributed by atoms with van der Waals surface area (Å²) < 4.78 is 2.60. The number of halogens is 1. The topological polar surface area (TPSA) is 88.9 Å². The number of allylic oxidation sites excluding steroid dienone is 3. The van der Waals surface area contributed by atoms with Crippen molar-refractivity contribution >= 4 is 33.4 Å². The Labute approximate surface area is 177 Å². The van der Waals surface area contributed by atoms with Crippen LogP contribution in [0.3, 0.4) is 0 Å². The van der Waals surface area contributed by atoms with Crippen molar-refractivity contribution in [1.29, 1.82) is 0 Å². The van der Waals surface area contributed by atoms with Gasteiger partial charge in [-0.05, 0) is 48.3 Å². The average Bonchev–Trinajstić information content (AvgIpc) is 3.01. The maximum Gasteiger partial charge on any atom is 0.255 e. The maximum atomic E-state index is 13.3. The number of aromatic nitrogens is 3. The lowest BCUT2D eigenvalue weighted by Gasteiger charge is -2.38. The molecule has 2 atom stereocenters. The molecule has 2 unspecified atom stereocenters. The largest absolute Gasteiger partial charge is 0.362 e. The van der Waals surface area contributed by atoms with Crippen molar-refractivity contribution in [1.82, 2.24) is 20.1 Å². The third-order valence-electron chi connectivity index (χ3n) is 5.64. The number of pyridine rings is 1. The summed E-state index contributed by atoms with van der Waals surface area (Å²) in [4.78, 5) is 30.5. The van der Waals surface area contributed by atoms with Crippen LogP contribution in [0.15, 0.2) is 52.0 Å². The van der Waals surface area contributed by atoms with Crippen molar-refractivity contribution in [2.24, 2.45) is 13.0 Å². The van der Waals surface area contributed by atoms with E-state index in [9.17, 15) is 9.59 Å². The number of fused-ring (bicyclic) bond motifs is 1. The van der Waals surface area contributed by atoms with Crippen molar-refractivity contribution in [3.8, 4) is 0 Å². The van der Waals surface area contributed by atoms with Gasteiger partial charge in [0.2, 0.25) is 0 Å². The van der Waals surface area contributed by atoms with E-state index in [1.807, 2.05) is 27.0 Å². The summed E-state index contributed by atoms with van der Waals surface area (Å²) in [6.45, 7) is 3.83. The number of aryl methyl sites for hydroxylation is 1. The Hall–Kier alpha value is -2.74. The zero-order valence-electron chi connectivity index (χ0n) is 16.5. The lowest BCUT2D eigenvalue weighted by Crippen LogP contribution is -2.41. The van der Waals surface area contributed by atoms with Gasteiger partial charge in [0.05, 0.1) is 12.1 Å². The monoisotopic (exact) mass is 455 g/mol. The number of hydrogen-bond donors (Lipinski definition) is 2. The van der Waals surface area contributed by atoms with E-state index in [-0.39, 0.29) is 17.6 Å². The number of anilines is 1. The smallest absolute Gasteiger partial charge is 0.255 e. The first-order chi connectivity index (χ1) is 13.9. The second-order valence-corrected chi connectivity index (χ2v) is 8.32. The fraction of sp³-hybridized carbons (Fsp3) is 0.333. The molecule has 29 heavy (non-hydrogen) atoms. The normalized spacial score (nSPS) is 21.4. The van der Waals surface area contributed by atoms with Gasteiger partial charge < -0.3 is 10.6 Å². The van der Waals surface area contributed by atoms with Crippen LogP contribution in [0, 0.1) is 12.8 Å². The molecule has 1 aliphatic heterocycles. The van der Waals surface area contributed by atoms with E-state index < -0.39 is 5.92 Å². The molecule has 2 N–H and O–H groups in total. The van der Waals surface area contributed by atoms with Crippen LogP contribution in [0.4, 0.5) is 5.82 Å². The quantitative estimate of drug-likeness (QED) is 0.740. The molecule has 1 aliphatic carbocycles. The van der Waals surface area contributed by atoms with Gasteiger partial charge in [0.1, 0.15) is 11.6 Å². The van der Waals surface area contributed by atoms with Crippen LogP contribution in [0.1, 0.15) is 36.9 Å². The Morgan fingerprint density at radius 2 is 2.07 bits per heavy atom. The summed E-state index contributed by atoms with van der Waals surface area (Å²) in [6, 6.07) is 3.55. The molecule has 0 spiro atoms. The van der Waals surface area contributed by atoms with Gasteiger partial charge in [0.15, 0.2) is 0 Å². The fourth-order valence-corrected chi connectivity index (χ4v) is 4.34. The first-order valence-electron chi connectivity index (χ1n) is 9.48. The van der Waals surface area contributed by atoms with Crippen molar-refractivity contribution in [3.63, 3.8) is 0 Å². The van der Waals surface area contributed by atoms with E-state index in [2.05, 4.69) is 42.7 Å². The van der Waals surface area contributed by atoms with Crippen LogP contribution < -0.4 is 10.6 Å². The van der Waals surface area contributed by atoms with E-state index in [1.54, 1.807) is 23.1 Å². The number of nitrogens with one attached hydrogen (secondary N) is 2. The zero-order chi connectivity index (χ0) is 20.7. The third-order valence-corrected chi connectivity index (χ3v) is 6.11. The van der Waals surface area contributed by atoms with Crippen LogP contribution in [-0.2, 0) is 16.6 Å². The van der Waals surface area contributed by atoms with E-state index in [0.29, 0.717) is 24.2 Å². The Kier molecular flexibility index (Phi) is 5.12. The number of carbonyl (C=O) groups excluding carboxylic acids is 2. The Morgan fingerprint density at radius 1 is 1.28 bits per heavy atom. The highest BCUT2D eigenvalue weighted by Gasteiger charge is 2.44. The molecule has 1 amide bonds. The minimum absolute atomic E-state index is 0.141. The number of rotatable bonds is 3. The lowest BCUT2D eigenvalue weighted by molar-refractivity contribution is -0.122. The fourth-order valence-electron chi connectivity index (χ4n) is 4.10. The van der Waals surface area contributed by atoms with Gasteiger partial charge in [-0.3, -0.25) is 14.3 Å². The van der Waals surface area contributed by atoms with Crippen LogP contribution in [0.25, 0.3) is 0 Å². The van der Waals surface area contributed by atoms with Gasteiger partial charge >= 0.3 is 0 Å². The number of ketones is 1. The molecule has 4 rings (SSSR count). The first kappa shape index (κ1) is 19.6. The molecule has 0 bridgehead atoms. The predicted molar refractivity (Wildman–Crippen MR) is 113 cm³/mol. The summed E-state index contributed by atoms with van der Waals surface area (Å²) >= 11 is 3.35. The minimum Gasteiger partial charge on any atom is -0.362 e. The maximum absolute atomic E-state index is 13.3. The summed E-state index contributed by atoms with van der Waals surface area (Å²) in [5, 5.41) is 10.5. The van der Waals surface area contributed by atoms with Crippen LogP contribution in [0.5, 0.6) is 0 Å². The molecule has 2 aliphatic rings. The molecule has 2 aromatic heterocycles. The molecule has 0 aromatic carbocycles. The van der Waals surface area contributed by atoms with Crippen molar-refractivity contribution in [3.05, 3.63) is 63.3 Å². The van der Waals surface area contributed by atoms with E-state index in [0.717, 1.165) is 27.1 Å². The van der Waals surface area contributed by atoms with Gasteiger partial charge in [0.25, 0.3) is 5.91 Å². The Bertz CT molecular complexity index is 1050. The lowest BCUT2D eigenvalue weighted by atomic mass is 9.71. The number of nitrogens with zero attached hydrogens (tertiary/aromatic N) is 3. The molecule has 2 aromatic rings. The van der Waals surface area contributed by atoms with Crippen LogP contribution >= 0.6 is 15.9 Å². The zero-order valence-corrected chi connectivity index (χ0v) is 18.1. The summed E-state index contributed by atoms with van der Waals surface area (Å²) in [7, 11) is 1.86. The number of Topliss-reactive ketones (excluding diaryl/α,β-unsaturated/α-hetero) is 1. The highest BCUT2D eigenvalue weighted by Crippen LogP contribution is 2.44. The van der Waals surface area contributed by atoms with Crippen molar-refractivity contribution < 1.29 is 9.59 Å². The molecule has 150 valence electrons. The summed E-state index contributed by atoms with van der Waals surface area (Å²) in [6.07, 6.45) is 6.66. The average molecular weight is 456 g/mol. The molecule has 3 heterocycles. The molecule has 0 saturated heterocycles. The number of amides is 1. The SMILES string of the molecule is CC1=C(C(=O)Nc2ccc(Br)cn2)C(c2cnn(C)c2C)C2C(=O)CCC=C2N1. The highest BCUT2D eigenvalue weighted by molar-refractivity contribution is 9.10.